The first kappa shape index (κ1) is 28.3. The molecule has 2 atom stereocenters. The summed E-state index contributed by atoms with van der Waals surface area (Å²) in [5, 5.41) is 11.4. The summed E-state index contributed by atoms with van der Waals surface area (Å²) in [5.74, 6) is -1.02. The maximum atomic E-state index is 13.3. The molecule has 0 aromatic heterocycles. The number of likely N-dealkylation sites (N-methyl/N-ethyl adjacent to an activating group) is 1. The molecule has 3 amide bonds. The molecule has 0 unspecified atom stereocenters. The number of carbonyl (C=O) groups excluding carboxylic acids is 3. The van der Waals surface area contributed by atoms with Gasteiger partial charge in [-0.25, -0.2) is 0 Å². The number of rotatable bonds is 13. The first-order valence-electron chi connectivity index (χ1n) is 12.8. The van der Waals surface area contributed by atoms with E-state index in [-0.39, 0.29) is 24.8 Å². The van der Waals surface area contributed by atoms with Gasteiger partial charge in [-0.05, 0) is 30.0 Å². The van der Waals surface area contributed by atoms with Crippen LogP contribution in [0.15, 0.2) is 91.0 Å². The van der Waals surface area contributed by atoms with E-state index in [9.17, 15) is 14.4 Å². The van der Waals surface area contributed by atoms with Gasteiger partial charge in [0, 0.05) is 20.0 Å². The van der Waals surface area contributed by atoms with Crippen LogP contribution in [0.2, 0.25) is 0 Å². The second kappa shape index (κ2) is 15.1. The fourth-order valence-corrected chi connectivity index (χ4v) is 3.91. The Morgan fingerprint density at radius 3 is 2.08 bits per heavy atom. The second-order valence-corrected chi connectivity index (χ2v) is 9.12. The van der Waals surface area contributed by atoms with Crippen molar-refractivity contribution in [3.63, 3.8) is 0 Å². The summed E-state index contributed by atoms with van der Waals surface area (Å²) in [5.41, 5.74) is 4.09. The summed E-state index contributed by atoms with van der Waals surface area (Å²) in [6.07, 6.45) is 4.37. The lowest BCUT2D eigenvalue weighted by atomic mass is 10.0. The van der Waals surface area contributed by atoms with Gasteiger partial charge in [-0.3, -0.25) is 14.4 Å². The van der Waals surface area contributed by atoms with Gasteiger partial charge in [0.2, 0.25) is 17.7 Å². The highest BCUT2D eigenvalue weighted by atomic mass is 16.2. The van der Waals surface area contributed by atoms with Crippen molar-refractivity contribution in [1.82, 2.24) is 21.3 Å². The molecule has 0 aliphatic carbocycles. The molecule has 0 saturated carbocycles. The summed E-state index contributed by atoms with van der Waals surface area (Å²) >= 11 is 0. The smallest absolute Gasteiger partial charge is 0.243 e. The van der Waals surface area contributed by atoms with E-state index in [0.29, 0.717) is 13.0 Å². The van der Waals surface area contributed by atoms with E-state index in [1.165, 1.54) is 7.05 Å². The van der Waals surface area contributed by atoms with Gasteiger partial charge < -0.3 is 21.3 Å². The number of hydrogen-bond acceptors (Lipinski definition) is 4. The average molecular weight is 513 g/mol. The minimum Gasteiger partial charge on any atom is -0.357 e. The van der Waals surface area contributed by atoms with Crippen LogP contribution in [0.1, 0.15) is 28.7 Å². The van der Waals surface area contributed by atoms with Crippen molar-refractivity contribution in [2.75, 3.05) is 13.6 Å². The predicted octanol–water partition coefficient (Wildman–Crippen LogP) is 3.15. The van der Waals surface area contributed by atoms with E-state index in [2.05, 4.69) is 21.3 Å². The molecule has 0 aliphatic rings. The van der Waals surface area contributed by atoms with Crippen molar-refractivity contribution in [2.45, 2.75) is 38.4 Å². The highest BCUT2D eigenvalue weighted by Gasteiger charge is 2.26. The van der Waals surface area contributed by atoms with E-state index < -0.39 is 18.0 Å². The Morgan fingerprint density at radius 2 is 1.42 bits per heavy atom. The lowest BCUT2D eigenvalue weighted by molar-refractivity contribution is -0.131. The molecule has 7 heteroatoms. The van der Waals surface area contributed by atoms with Crippen molar-refractivity contribution in [1.29, 1.82) is 0 Å². The summed E-state index contributed by atoms with van der Waals surface area (Å²) in [6, 6.07) is 25.7. The van der Waals surface area contributed by atoms with Crippen LogP contribution in [0.25, 0.3) is 6.08 Å². The lowest BCUT2D eigenvalue weighted by Gasteiger charge is -2.22. The molecule has 0 aliphatic heterocycles. The predicted molar refractivity (Wildman–Crippen MR) is 151 cm³/mol. The molecular formula is C31H36N4O3. The molecule has 3 aromatic carbocycles. The zero-order valence-corrected chi connectivity index (χ0v) is 21.9. The summed E-state index contributed by atoms with van der Waals surface area (Å²) in [6.45, 7) is 2.59. The Hall–Kier alpha value is -4.23. The maximum absolute atomic E-state index is 13.3. The molecular weight excluding hydrogens is 476 g/mol. The SMILES string of the molecule is CNC(=O)[C@H](Cc1ccc(C)cc1)NC(=O)[C@@H](C/C=C/c1ccccc1)NC(=O)CNCc1ccccc1. The fraction of sp³-hybridized carbons (Fsp3) is 0.258. The van der Waals surface area contributed by atoms with Crippen molar-refractivity contribution >= 4 is 23.8 Å². The number of nitrogens with one attached hydrogen (secondary N) is 4. The van der Waals surface area contributed by atoms with Crippen molar-refractivity contribution < 1.29 is 14.4 Å². The first-order valence-corrected chi connectivity index (χ1v) is 12.8. The molecule has 0 bridgehead atoms. The molecule has 0 saturated heterocycles. The zero-order valence-electron chi connectivity index (χ0n) is 21.9. The van der Waals surface area contributed by atoms with Crippen LogP contribution < -0.4 is 21.3 Å². The van der Waals surface area contributed by atoms with Crippen molar-refractivity contribution in [2.24, 2.45) is 0 Å². The normalized spacial score (nSPS) is 12.5. The van der Waals surface area contributed by atoms with Gasteiger partial charge in [-0.15, -0.1) is 0 Å². The third kappa shape index (κ3) is 9.67. The van der Waals surface area contributed by atoms with Crippen molar-refractivity contribution in [3.05, 3.63) is 113 Å². The van der Waals surface area contributed by atoms with E-state index in [1.807, 2.05) is 104 Å². The molecule has 0 fully saturated rings. The largest absolute Gasteiger partial charge is 0.357 e. The van der Waals surface area contributed by atoms with Gasteiger partial charge in [-0.2, -0.15) is 0 Å². The molecule has 0 spiro atoms. The molecule has 3 rings (SSSR count). The molecule has 198 valence electrons. The highest BCUT2D eigenvalue weighted by Crippen LogP contribution is 2.08. The zero-order chi connectivity index (χ0) is 27.2. The van der Waals surface area contributed by atoms with Crippen molar-refractivity contribution in [3.8, 4) is 0 Å². The lowest BCUT2D eigenvalue weighted by Crippen LogP contribution is -2.54. The highest BCUT2D eigenvalue weighted by molar-refractivity contribution is 5.92. The molecule has 0 radical (unpaired) electrons. The Balaban J connectivity index is 1.66. The summed E-state index contributed by atoms with van der Waals surface area (Å²) in [7, 11) is 1.54. The average Bonchev–Trinajstić information content (AvgIpc) is 2.94. The Labute approximate surface area is 224 Å². The van der Waals surface area contributed by atoms with E-state index >= 15 is 0 Å². The number of aryl methyl sites for hydroxylation is 1. The molecule has 3 aromatic rings. The van der Waals surface area contributed by atoms with Gasteiger partial charge in [0.25, 0.3) is 0 Å². The molecule has 0 heterocycles. The van der Waals surface area contributed by atoms with Crippen LogP contribution >= 0.6 is 0 Å². The Kier molecular flexibility index (Phi) is 11.3. The molecule has 38 heavy (non-hydrogen) atoms. The van der Waals surface area contributed by atoms with Crippen LogP contribution in [0, 0.1) is 6.92 Å². The topological polar surface area (TPSA) is 99.3 Å². The Bertz CT molecular complexity index is 1190. The second-order valence-electron chi connectivity index (χ2n) is 9.12. The van der Waals surface area contributed by atoms with Gasteiger partial charge in [0.05, 0.1) is 6.54 Å². The van der Waals surface area contributed by atoms with Gasteiger partial charge >= 0.3 is 0 Å². The van der Waals surface area contributed by atoms with Crippen LogP contribution in [0.3, 0.4) is 0 Å². The van der Waals surface area contributed by atoms with E-state index in [4.69, 9.17) is 0 Å². The minimum atomic E-state index is -0.842. The van der Waals surface area contributed by atoms with E-state index in [0.717, 1.165) is 22.3 Å². The number of benzene rings is 3. The standard InChI is InChI=1S/C31H36N4O3/c1-23-16-18-25(19-17-23)20-28(30(37)32-2)35-31(38)27(15-9-14-24-10-5-3-6-11-24)34-29(36)22-33-21-26-12-7-4-8-13-26/h3-14,16-19,27-28,33H,15,20-22H2,1-2H3,(H,32,37)(H,34,36)(H,35,38)/b14-9+/t27-,28+/m1/s1. The van der Waals surface area contributed by atoms with Crippen LogP contribution in [-0.2, 0) is 27.3 Å². The van der Waals surface area contributed by atoms with Gasteiger partial charge in [-0.1, -0.05) is 103 Å². The van der Waals surface area contributed by atoms with Crippen LogP contribution in [0.5, 0.6) is 0 Å². The van der Waals surface area contributed by atoms with Gasteiger partial charge in [0.1, 0.15) is 12.1 Å². The number of amides is 3. The third-order valence-corrected chi connectivity index (χ3v) is 6.03. The first-order chi connectivity index (χ1) is 18.4. The fourth-order valence-electron chi connectivity index (χ4n) is 3.91. The van der Waals surface area contributed by atoms with Crippen LogP contribution in [0.4, 0.5) is 0 Å². The monoisotopic (exact) mass is 512 g/mol. The minimum absolute atomic E-state index is 0.0588. The molecule has 7 nitrogen and oxygen atoms in total. The van der Waals surface area contributed by atoms with E-state index in [1.54, 1.807) is 0 Å². The Morgan fingerprint density at radius 1 is 0.763 bits per heavy atom. The maximum Gasteiger partial charge on any atom is 0.243 e. The van der Waals surface area contributed by atoms with Gasteiger partial charge in [0.15, 0.2) is 0 Å². The van der Waals surface area contributed by atoms with Crippen LogP contribution in [-0.4, -0.2) is 43.4 Å². The number of hydrogen-bond donors (Lipinski definition) is 4. The number of carbonyl (C=O) groups is 3. The summed E-state index contributed by atoms with van der Waals surface area (Å²) < 4.78 is 0. The third-order valence-electron chi connectivity index (χ3n) is 6.03. The summed E-state index contributed by atoms with van der Waals surface area (Å²) in [4.78, 5) is 38.7. The quantitative estimate of drug-likeness (QED) is 0.283. The molecule has 4 N–H and O–H groups in total.